The van der Waals surface area contributed by atoms with E-state index >= 15 is 0 Å². The zero-order chi connectivity index (χ0) is 15.8. The number of carbonyl (C=O) groups is 1. The summed E-state index contributed by atoms with van der Waals surface area (Å²) in [6, 6.07) is 3.43. The highest BCUT2D eigenvalue weighted by Crippen LogP contribution is 2.37. The third-order valence-corrected chi connectivity index (χ3v) is 4.73. The van der Waals surface area contributed by atoms with E-state index in [1.54, 1.807) is 31.4 Å². The second-order valence-electron chi connectivity index (χ2n) is 4.84. The van der Waals surface area contributed by atoms with Crippen molar-refractivity contribution in [2.45, 2.75) is 19.3 Å². The van der Waals surface area contributed by atoms with Crippen molar-refractivity contribution in [1.29, 1.82) is 0 Å². The molecule has 1 heterocycles. The molecule has 0 aliphatic carbocycles. The summed E-state index contributed by atoms with van der Waals surface area (Å²) >= 11 is 16.9. The third kappa shape index (κ3) is 3.51. The summed E-state index contributed by atoms with van der Waals surface area (Å²) < 4.78 is 0.773. The van der Waals surface area contributed by atoms with Crippen molar-refractivity contribution < 1.29 is 9.90 Å². The summed E-state index contributed by atoms with van der Waals surface area (Å²) in [5.41, 5.74) is -0.0357. The van der Waals surface area contributed by atoms with Gasteiger partial charge in [0, 0.05) is 9.85 Å². The summed E-state index contributed by atoms with van der Waals surface area (Å²) in [5.74, 6) is -0.931. The molecule has 0 unspecified atom stereocenters. The molecule has 1 aromatic heterocycles. The van der Waals surface area contributed by atoms with Crippen LogP contribution in [0.3, 0.4) is 0 Å². The normalized spacial score (nSPS) is 11.5. The van der Waals surface area contributed by atoms with Gasteiger partial charge in [0.2, 0.25) is 0 Å². The Hall–Kier alpha value is -0.820. The molecule has 0 radical (unpaired) electrons. The van der Waals surface area contributed by atoms with Crippen molar-refractivity contribution in [3.8, 4) is 0 Å². The summed E-state index contributed by atoms with van der Waals surface area (Å²) in [7, 11) is 0. The molecule has 0 amide bonds. The Kier molecular flexibility index (Phi) is 4.82. The lowest BCUT2D eigenvalue weighted by Gasteiger charge is -2.15. The Morgan fingerprint density at radius 3 is 2.48 bits per heavy atom. The first-order valence-corrected chi connectivity index (χ1v) is 8.25. The number of carboxylic acids is 1. The van der Waals surface area contributed by atoms with Gasteiger partial charge >= 0.3 is 5.97 Å². The highest BCUT2D eigenvalue weighted by Gasteiger charge is 2.32. The van der Waals surface area contributed by atoms with E-state index in [4.69, 9.17) is 23.2 Å². The van der Waals surface area contributed by atoms with Gasteiger partial charge in [-0.2, -0.15) is 0 Å². The number of aliphatic carboxylic acids is 1. The molecule has 0 bridgehead atoms. The summed E-state index contributed by atoms with van der Waals surface area (Å²) in [6.07, 6.45) is 0. The van der Waals surface area contributed by atoms with Gasteiger partial charge in [-0.25, -0.2) is 4.98 Å². The third-order valence-electron chi connectivity index (χ3n) is 2.92. The van der Waals surface area contributed by atoms with Crippen LogP contribution in [0.5, 0.6) is 0 Å². The highest BCUT2D eigenvalue weighted by atomic mass is 79.9. The predicted molar refractivity (Wildman–Crippen MR) is 90.2 cm³/mol. The van der Waals surface area contributed by atoms with E-state index in [1.807, 2.05) is 0 Å². The number of halogens is 3. The minimum Gasteiger partial charge on any atom is -0.481 e. The Bertz CT molecular complexity index is 680. The van der Waals surface area contributed by atoms with Gasteiger partial charge in [0.1, 0.15) is 5.41 Å². The van der Waals surface area contributed by atoms with Gasteiger partial charge in [-0.05, 0) is 26.0 Å². The van der Waals surface area contributed by atoms with E-state index in [0.29, 0.717) is 26.6 Å². The fourth-order valence-corrected chi connectivity index (χ4v) is 3.68. The van der Waals surface area contributed by atoms with Crippen LogP contribution < -0.4 is 5.32 Å². The molecular weight excluding hydrogens is 399 g/mol. The van der Waals surface area contributed by atoms with Gasteiger partial charge in [0.25, 0.3) is 0 Å². The molecule has 1 aromatic carbocycles. The van der Waals surface area contributed by atoms with Gasteiger partial charge in [-0.3, -0.25) is 4.79 Å². The van der Waals surface area contributed by atoms with Crippen LogP contribution in [0.15, 0.2) is 22.0 Å². The average molecular weight is 410 g/mol. The van der Waals surface area contributed by atoms with Crippen molar-refractivity contribution in [1.82, 2.24) is 4.98 Å². The minimum atomic E-state index is -1.05. The number of anilines is 2. The van der Waals surface area contributed by atoms with E-state index in [9.17, 15) is 9.90 Å². The molecule has 2 aromatic rings. The van der Waals surface area contributed by atoms with Crippen molar-refractivity contribution >= 4 is 67.3 Å². The molecule has 2 rings (SSSR count). The quantitative estimate of drug-likeness (QED) is 0.717. The van der Waals surface area contributed by atoms with Crippen molar-refractivity contribution in [3.63, 3.8) is 0 Å². The number of nitrogens with one attached hydrogen (secondary N) is 1. The number of carboxylic acid groups (broad SMARTS) is 1. The Labute approximate surface area is 144 Å². The maximum atomic E-state index is 11.2. The van der Waals surface area contributed by atoms with Crippen molar-refractivity contribution in [2.75, 3.05) is 5.32 Å². The van der Waals surface area contributed by atoms with Crippen LogP contribution in [0.2, 0.25) is 10.0 Å². The van der Waals surface area contributed by atoms with E-state index in [2.05, 4.69) is 26.2 Å². The maximum Gasteiger partial charge on any atom is 0.315 e. The van der Waals surface area contributed by atoms with Crippen LogP contribution in [0, 0.1) is 0 Å². The largest absolute Gasteiger partial charge is 0.481 e. The first kappa shape index (κ1) is 16.5. The number of hydrogen-bond acceptors (Lipinski definition) is 4. The molecule has 0 saturated heterocycles. The molecule has 0 saturated carbocycles. The fraction of sp³-hybridized carbons (Fsp3) is 0.231. The first-order chi connectivity index (χ1) is 9.71. The van der Waals surface area contributed by atoms with Gasteiger partial charge in [0.15, 0.2) is 5.13 Å². The lowest BCUT2D eigenvalue weighted by atomic mass is 9.90. The highest BCUT2D eigenvalue weighted by molar-refractivity contribution is 9.10. The fourth-order valence-electron chi connectivity index (χ4n) is 1.50. The molecule has 4 nitrogen and oxygen atoms in total. The van der Waals surface area contributed by atoms with Crippen LogP contribution >= 0.6 is 50.5 Å². The molecule has 21 heavy (non-hydrogen) atoms. The standard InChI is InChI=1S/C13H11BrCl2N2O2S/c1-13(2,11(19)20)9-5-21-12(17-9)18-10-7(15)3-6(14)4-8(10)16/h3-5H,1-2H3,(H,17,18)(H,19,20). The molecule has 0 aliphatic heterocycles. The molecule has 0 spiro atoms. The molecule has 2 N–H and O–H groups in total. The molecule has 112 valence electrons. The number of aromatic nitrogens is 1. The maximum absolute atomic E-state index is 11.2. The van der Waals surface area contributed by atoms with Gasteiger partial charge in [0.05, 0.1) is 21.4 Å². The Morgan fingerprint density at radius 2 is 1.95 bits per heavy atom. The summed E-state index contributed by atoms with van der Waals surface area (Å²) in [6.45, 7) is 3.21. The predicted octanol–water partition coefficient (Wildman–Crippen LogP) is 5.32. The van der Waals surface area contributed by atoms with Crippen LogP contribution in [-0.4, -0.2) is 16.1 Å². The summed E-state index contributed by atoms with van der Waals surface area (Å²) in [4.78, 5) is 15.5. The summed E-state index contributed by atoms with van der Waals surface area (Å²) in [5, 5.41) is 15.4. The van der Waals surface area contributed by atoms with Crippen molar-refractivity contribution in [3.05, 3.63) is 37.7 Å². The SMILES string of the molecule is CC(C)(C(=O)O)c1csc(Nc2c(Cl)cc(Br)cc2Cl)n1. The first-order valence-electron chi connectivity index (χ1n) is 5.83. The lowest BCUT2D eigenvalue weighted by molar-refractivity contribution is -0.142. The molecular formula is C13H11BrCl2N2O2S. The van der Waals surface area contributed by atoms with E-state index in [1.165, 1.54) is 11.3 Å². The van der Waals surface area contributed by atoms with E-state index in [0.717, 1.165) is 4.47 Å². The van der Waals surface area contributed by atoms with Crippen molar-refractivity contribution in [2.24, 2.45) is 0 Å². The van der Waals surface area contributed by atoms with Crippen LogP contribution in [0.1, 0.15) is 19.5 Å². The number of nitrogens with zero attached hydrogens (tertiary/aromatic N) is 1. The van der Waals surface area contributed by atoms with Gasteiger partial charge in [-0.15, -0.1) is 11.3 Å². The minimum absolute atomic E-state index is 0.448. The lowest BCUT2D eigenvalue weighted by Crippen LogP contribution is -2.28. The van der Waals surface area contributed by atoms with E-state index < -0.39 is 11.4 Å². The van der Waals surface area contributed by atoms with Gasteiger partial charge in [-0.1, -0.05) is 39.1 Å². The molecule has 0 aliphatic rings. The second-order valence-corrected chi connectivity index (χ2v) is 7.43. The van der Waals surface area contributed by atoms with Crippen LogP contribution in [0.25, 0.3) is 0 Å². The number of rotatable bonds is 4. The second kappa shape index (κ2) is 6.12. The number of benzene rings is 1. The zero-order valence-corrected chi connectivity index (χ0v) is 15.0. The Balaban J connectivity index is 2.31. The Morgan fingerprint density at radius 1 is 1.38 bits per heavy atom. The molecule has 0 fully saturated rings. The van der Waals surface area contributed by atoms with Gasteiger partial charge < -0.3 is 10.4 Å². The van der Waals surface area contributed by atoms with E-state index in [-0.39, 0.29) is 0 Å². The van der Waals surface area contributed by atoms with Crippen LogP contribution in [0.4, 0.5) is 10.8 Å². The molecule has 8 heteroatoms. The topological polar surface area (TPSA) is 62.2 Å². The number of hydrogen-bond donors (Lipinski definition) is 2. The number of thiazole rings is 1. The van der Waals surface area contributed by atoms with Crippen LogP contribution in [-0.2, 0) is 10.2 Å². The zero-order valence-electron chi connectivity index (χ0n) is 11.1. The monoisotopic (exact) mass is 408 g/mol. The smallest absolute Gasteiger partial charge is 0.315 e. The average Bonchev–Trinajstić information content (AvgIpc) is 2.82. The molecule has 0 atom stereocenters.